The number of rotatable bonds is 8. The lowest BCUT2D eigenvalue weighted by Crippen LogP contribution is -1.77. The zero-order valence-electron chi connectivity index (χ0n) is 9.15. The van der Waals surface area contributed by atoms with E-state index in [1.807, 2.05) is 0 Å². The Bertz CT molecular complexity index is 178. The maximum absolute atomic E-state index is 8.53. The summed E-state index contributed by atoms with van der Waals surface area (Å²) in [5.41, 5.74) is 0. The molecule has 0 saturated carbocycles. The van der Waals surface area contributed by atoms with Gasteiger partial charge in [0.2, 0.25) is 0 Å². The molecule has 1 nitrogen and oxygen atoms in total. The number of allylic oxidation sites excluding steroid dienone is 6. The molecule has 0 aliphatic carbocycles. The molecular weight excluding hydrogens is 172 g/mol. The van der Waals surface area contributed by atoms with E-state index in [4.69, 9.17) is 5.11 Å². The summed E-state index contributed by atoms with van der Waals surface area (Å²) in [6.45, 7) is 2.44. The third-order valence-electron chi connectivity index (χ3n) is 1.81. The summed E-state index contributed by atoms with van der Waals surface area (Å²) in [5, 5.41) is 8.53. The Morgan fingerprint density at radius 2 is 1.43 bits per heavy atom. The Kier molecular flexibility index (Phi) is 11.5. The van der Waals surface area contributed by atoms with E-state index in [1.165, 1.54) is 0 Å². The predicted molar refractivity (Wildman–Crippen MR) is 63.3 cm³/mol. The number of hydrogen-bond acceptors (Lipinski definition) is 1. The van der Waals surface area contributed by atoms with Crippen LogP contribution in [0.2, 0.25) is 0 Å². The molecule has 0 bridgehead atoms. The van der Waals surface area contributed by atoms with Crippen molar-refractivity contribution in [2.75, 3.05) is 6.61 Å². The van der Waals surface area contributed by atoms with Crippen molar-refractivity contribution in [3.8, 4) is 0 Å². The Morgan fingerprint density at radius 3 is 2.00 bits per heavy atom. The second-order valence-corrected chi connectivity index (χ2v) is 3.16. The highest BCUT2D eigenvalue weighted by molar-refractivity contribution is 4.96. The average molecular weight is 194 g/mol. The van der Waals surface area contributed by atoms with Crippen molar-refractivity contribution in [1.29, 1.82) is 0 Å². The third-order valence-corrected chi connectivity index (χ3v) is 1.81. The summed E-state index contributed by atoms with van der Waals surface area (Å²) in [4.78, 5) is 0. The number of aliphatic hydroxyl groups excluding tert-OH is 1. The summed E-state index contributed by atoms with van der Waals surface area (Å²) < 4.78 is 0. The van der Waals surface area contributed by atoms with Gasteiger partial charge < -0.3 is 5.11 Å². The summed E-state index contributed by atoms with van der Waals surface area (Å²) in [6, 6.07) is 0. The zero-order valence-corrected chi connectivity index (χ0v) is 9.15. The molecular formula is C13H22O. The van der Waals surface area contributed by atoms with Crippen LogP contribution < -0.4 is 0 Å². The van der Waals surface area contributed by atoms with Crippen molar-refractivity contribution in [3.05, 3.63) is 36.5 Å². The Morgan fingerprint density at radius 1 is 0.857 bits per heavy atom. The molecule has 0 unspecified atom stereocenters. The van der Waals surface area contributed by atoms with Crippen LogP contribution in [0.1, 0.15) is 39.0 Å². The second kappa shape index (κ2) is 12.2. The molecule has 0 spiro atoms. The first-order valence-electron chi connectivity index (χ1n) is 5.47. The van der Waals surface area contributed by atoms with Gasteiger partial charge in [-0.15, -0.1) is 0 Å². The van der Waals surface area contributed by atoms with E-state index in [-0.39, 0.29) is 0 Å². The van der Waals surface area contributed by atoms with E-state index in [2.05, 4.69) is 43.4 Å². The van der Waals surface area contributed by atoms with E-state index in [0.29, 0.717) is 6.61 Å². The summed E-state index contributed by atoms with van der Waals surface area (Å²) >= 11 is 0. The molecule has 0 rings (SSSR count). The fourth-order valence-corrected chi connectivity index (χ4v) is 1.04. The minimum absolute atomic E-state index is 0.294. The maximum Gasteiger partial charge on any atom is 0.0433 e. The lowest BCUT2D eigenvalue weighted by atomic mass is 10.2. The van der Waals surface area contributed by atoms with Crippen LogP contribution in [0, 0.1) is 0 Å². The van der Waals surface area contributed by atoms with Crippen LogP contribution in [0.3, 0.4) is 0 Å². The molecule has 0 amide bonds. The molecule has 1 heteroatoms. The van der Waals surface area contributed by atoms with E-state index in [0.717, 1.165) is 32.1 Å². The van der Waals surface area contributed by atoms with Gasteiger partial charge in [-0.1, -0.05) is 43.4 Å². The van der Waals surface area contributed by atoms with E-state index < -0.39 is 0 Å². The van der Waals surface area contributed by atoms with Crippen LogP contribution in [0.15, 0.2) is 36.5 Å². The molecule has 0 aliphatic heterocycles. The van der Waals surface area contributed by atoms with Gasteiger partial charge in [0.25, 0.3) is 0 Å². The Hall–Kier alpha value is -0.820. The van der Waals surface area contributed by atoms with Crippen LogP contribution in [0.5, 0.6) is 0 Å². The molecule has 0 heterocycles. The third kappa shape index (κ3) is 11.2. The molecule has 0 aromatic carbocycles. The van der Waals surface area contributed by atoms with Crippen molar-refractivity contribution in [3.63, 3.8) is 0 Å². The molecule has 1 N–H and O–H groups in total. The van der Waals surface area contributed by atoms with Gasteiger partial charge in [-0.05, 0) is 32.1 Å². The smallest absolute Gasteiger partial charge is 0.0433 e. The number of hydrogen-bond donors (Lipinski definition) is 1. The van der Waals surface area contributed by atoms with Crippen molar-refractivity contribution in [2.24, 2.45) is 0 Å². The second-order valence-electron chi connectivity index (χ2n) is 3.16. The SMILES string of the molecule is CC/C=C/C/C=C/C/C=C/CCCO. The van der Waals surface area contributed by atoms with Crippen LogP contribution >= 0.6 is 0 Å². The van der Waals surface area contributed by atoms with E-state index >= 15 is 0 Å². The lowest BCUT2D eigenvalue weighted by Gasteiger charge is -1.87. The molecule has 0 aromatic rings. The fourth-order valence-electron chi connectivity index (χ4n) is 1.04. The van der Waals surface area contributed by atoms with Gasteiger partial charge in [0.05, 0.1) is 0 Å². The van der Waals surface area contributed by atoms with Gasteiger partial charge in [0, 0.05) is 6.61 Å². The quantitative estimate of drug-likeness (QED) is 0.462. The van der Waals surface area contributed by atoms with Crippen molar-refractivity contribution in [1.82, 2.24) is 0 Å². The van der Waals surface area contributed by atoms with Gasteiger partial charge in [0.1, 0.15) is 0 Å². The van der Waals surface area contributed by atoms with E-state index in [9.17, 15) is 0 Å². The van der Waals surface area contributed by atoms with Crippen molar-refractivity contribution < 1.29 is 5.11 Å². The molecule has 0 saturated heterocycles. The first-order chi connectivity index (χ1) is 6.91. The molecule has 0 atom stereocenters. The zero-order chi connectivity index (χ0) is 10.5. The fraction of sp³-hybridized carbons (Fsp3) is 0.538. The molecule has 80 valence electrons. The first-order valence-corrected chi connectivity index (χ1v) is 5.47. The predicted octanol–water partition coefficient (Wildman–Crippen LogP) is 3.62. The van der Waals surface area contributed by atoms with Crippen molar-refractivity contribution in [2.45, 2.75) is 39.0 Å². The molecule has 0 radical (unpaired) electrons. The van der Waals surface area contributed by atoms with Crippen LogP contribution in [-0.4, -0.2) is 11.7 Å². The van der Waals surface area contributed by atoms with Crippen LogP contribution in [0.25, 0.3) is 0 Å². The number of aliphatic hydroxyl groups is 1. The molecule has 0 aromatic heterocycles. The summed E-state index contributed by atoms with van der Waals surface area (Å²) in [5.74, 6) is 0. The van der Waals surface area contributed by atoms with Crippen molar-refractivity contribution >= 4 is 0 Å². The first kappa shape index (κ1) is 13.2. The normalized spacial score (nSPS) is 12.4. The topological polar surface area (TPSA) is 20.2 Å². The number of unbranched alkanes of at least 4 members (excludes halogenated alkanes) is 1. The largest absolute Gasteiger partial charge is 0.396 e. The Labute approximate surface area is 87.8 Å². The van der Waals surface area contributed by atoms with Gasteiger partial charge in [-0.2, -0.15) is 0 Å². The molecule has 0 aliphatic rings. The molecule has 14 heavy (non-hydrogen) atoms. The maximum atomic E-state index is 8.53. The summed E-state index contributed by atoms with van der Waals surface area (Å²) in [7, 11) is 0. The van der Waals surface area contributed by atoms with E-state index in [1.54, 1.807) is 0 Å². The average Bonchev–Trinajstić information content (AvgIpc) is 2.21. The standard InChI is InChI=1S/C13H22O/c1-2-3-4-5-6-7-8-9-10-11-12-13-14/h3-4,6-7,9-10,14H,2,5,8,11-13H2,1H3/b4-3+,7-6+,10-9+. The highest BCUT2D eigenvalue weighted by Gasteiger charge is 1.77. The minimum Gasteiger partial charge on any atom is -0.396 e. The minimum atomic E-state index is 0.294. The van der Waals surface area contributed by atoms with Gasteiger partial charge in [0.15, 0.2) is 0 Å². The van der Waals surface area contributed by atoms with Crippen LogP contribution in [-0.2, 0) is 0 Å². The van der Waals surface area contributed by atoms with Gasteiger partial charge in [-0.25, -0.2) is 0 Å². The van der Waals surface area contributed by atoms with Gasteiger partial charge in [-0.3, -0.25) is 0 Å². The highest BCUT2D eigenvalue weighted by Crippen LogP contribution is 1.94. The monoisotopic (exact) mass is 194 g/mol. The Balaban J connectivity index is 3.25. The van der Waals surface area contributed by atoms with Gasteiger partial charge >= 0.3 is 0 Å². The summed E-state index contributed by atoms with van der Waals surface area (Å²) in [6.07, 6.45) is 18.0. The lowest BCUT2D eigenvalue weighted by molar-refractivity contribution is 0.289. The van der Waals surface area contributed by atoms with Crippen LogP contribution in [0.4, 0.5) is 0 Å². The molecule has 0 fully saturated rings. The highest BCUT2D eigenvalue weighted by atomic mass is 16.2.